The van der Waals surface area contributed by atoms with Crippen LogP contribution in [0.25, 0.3) is 0 Å². The maximum Gasteiger partial charge on any atom is 0.122 e. The summed E-state index contributed by atoms with van der Waals surface area (Å²) >= 11 is 0. The minimum atomic E-state index is 0.540. The molecule has 0 amide bonds. The van der Waals surface area contributed by atoms with E-state index in [0.717, 1.165) is 31.2 Å². The first kappa shape index (κ1) is 11.1. The van der Waals surface area contributed by atoms with E-state index < -0.39 is 0 Å². The van der Waals surface area contributed by atoms with Crippen LogP contribution in [0.15, 0.2) is 18.2 Å². The predicted octanol–water partition coefficient (Wildman–Crippen LogP) is 3.07. The fourth-order valence-corrected chi connectivity index (χ4v) is 2.69. The zero-order valence-electron chi connectivity index (χ0n) is 10.5. The highest BCUT2D eigenvalue weighted by Crippen LogP contribution is 2.38. The van der Waals surface area contributed by atoms with Crippen LogP contribution in [0.1, 0.15) is 43.4 Å². The van der Waals surface area contributed by atoms with Gasteiger partial charge in [0.1, 0.15) is 5.75 Å². The monoisotopic (exact) mass is 231 g/mol. The van der Waals surface area contributed by atoms with E-state index >= 15 is 0 Å². The second-order valence-corrected chi connectivity index (χ2v) is 5.25. The van der Waals surface area contributed by atoms with Crippen molar-refractivity contribution in [3.05, 3.63) is 29.3 Å². The minimum Gasteiger partial charge on any atom is -0.493 e. The summed E-state index contributed by atoms with van der Waals surface area (Å²) in [6.07, 6.45) is 5.23. The van der Waals surface area contributed by atoms with Crippen LogP contribution in [0, 0.1) is 5.92 Å². The van der Waals surface area contributed by atoms with E-state index in [1.54, 1.807) is 0 Å². The lowest BCUT2D eigenvalue weighted by atomic mass is 9.98. The molecule has 1 fully saturated rings. The molecule has 17 heavy (non-hydrogen) atoms. The van der Waals surface area contributed by atoms with Gasteiger partial charge in [-0.1, -0.05) is 31.9 Å². The van der Waals surface area contributed by atoms with E-state index in [1.165, 1.54) is 30.4 Å². The van der Waals surface area contributed by atoms with Gasteiger partial charge in [-0.3, -0.25) is 0 Å². The Kier molecular flexibility index (Phi) is 3.06. The highest BCUT2D eigenvalue weighted by Gasteiger charge is 2.26. The Bertz CT molecular complexity index is 398. The van der Waals surface area contributed by atoms with Gasteiger partial charge in [-0.25, -0.2) is 0 Å². The van der Waals surface area contributed by atoms with Gasteiger partial charge in [0.15, 0.2) is 0 Å². The third-order valence-corrected chi connectivity index (χ3v) is 3.83. The molecule has 2 aliphatic rings. The maximum atomic E-state index is 5.57. The first-order valence-electron chi connectivity index (χ1n) is 6.86. The molecule has 0 radical (unpaired) electrons. The molecule has 92 valence electrons. The first-order valence-corrected chi connectivity index (χ1v) is 6.86. The van der Waals surface area contributed by atoms with Crippen molar-refractivity contribution in [2.24, 2.45) is 5.92 Å². The average Bonchev–Trinajstić information content (AvgIpc) is 3.04. The zero-order chi connectivity index (χ0) is 11.7. The number of benzene rings is 1. The summed E-state index contributed by atoms with van der Waals surface area (Å²) in [6, 6.07) is 7.27. The molecule has 1 aromatic carbocycles. The lowest BCUT2D eigenvalue weighted by Crippen LogP contribution is -2.21. The second kappa shape index (κ2) is 4.69. The van der Waals surface area contributed by atoms with E-state index in [0.29, 0.717) is 6.04 Å². The molecule has 1 unspecified atom stereocenters. The Morgan fingerprint density at radius 3 is 3.06 bits per heavy atom. The van der Waals surface area contributed by atoms with Gasteiger partial charge in [-0.2, -0.15) is 0 Å². The van der Waals surface area contributed by atoms with Crippen LogP contribution in [0.2, 0.25) is 0 Å². The van der Waals surface area contributed by atoms with Crippen LogP contribution in [0.3, 0.4) is 0 Å². The van der Waals surface area contributed by atoms with E-state index in [2.05, 4.69) is 30.4 Å². The van der Waals surface area contributed by atoms with Gasteiger partial charge in [-0.15, -0.1) is 0 Å². The number of hydrogen-bond acceptors (Lipinski definition) is 2. The summed E-state index contributed by atoms with van der Waals surface area (Å²) in [6.45, 7) is 4.09. The standard InChI is InChI=1S/C15H21NO/c1-2-16-14(9-11-3-4-11)12-5-6-15-13(10-12)7-8-17-15/h5-6,10-11,14,16H,2-4,7-9H2,1H3. The summed E-state index contributed by atoms with van der Waals surface area (Å²) in [5, 5.41) is 3.62. The predicted molar refractivity (Wildman–Crippen MR) is 69.4 cm³/mol. The normalized spacial score (nSPS) is 19.8. The molecule has 0 bridgehead atoms. The molecule has 1 aromatic rings. The highest BCUT2D eigenvalue weighted by atomic mass is 16.5. The van der Waals surface area contributed by atoms with Crippen molar-refractivity contribution < 1.29 is 4.74 Å². The summed E-state index contributed by atoms with van der Waals surface area (Å²) in [5.41, 5.74) is 2.84. The van der Waals surface area contributed by atoms with Gasteiger partial charge < -0.3 is 10.1 Å². The van der Waals surface area contributed by atoms with Crippen LogP contribution in [0.4, 0.5) is 0 Å². The lowest BCUT2D eigenvalue weighted by molar-refractivity contribution is 0.356. The Balaban J connectivity index is 1.78. The number of nitrogens with one attached hydrogen (secondary N) is 1. The quantitative estimate of drug-likeness (QED) is 0.841. The highest BCUT2D eigenvalue weighted by molar-refractivity contribution is 5.40. The molecule has 0 saturated heterocycles. The van der Waals surface area contributed by atoms with Crippen LogP contribution in [-0.2, 0) is 6.42 Å². The van der Waals surface area contributed by atoms with Crippen LogP contribution >= 0.6 is 0 Å². The molecule has 1 N–H and O–H groups in total. The second-order valence-electron chi connectivity index (χ2n) is 5.25. The topological polar surface area (TPSA) is 21.3 Å². The minimum absolute atomic E-state index is 0.540. The van der Waals surface area contributed by atoms with E-state index in [1.807, 2.05) is 0 Å². The van der Waals surface area contributed by atoms with Crippen LogP contribution < -0.4 is 10.1 Å². The fourth-order valence-electron chi connectivity index (χ4n) is 2.69. The lowest BCUT2D eigenvalue weighted by Gasteiger charge is -2.18. The molecule has 2 heteroatoms. The van der Waals surface area contributed by atoms with Gasteiger partial charge in [0.05, 0.1) is 6.61 Å². The van der Waals surface area contributed by atoms with Crippen molar-refractivity contribution in [3.63, 3.8) is 0 Å². The van der Waals surface area contributed by atoms with Crippen molar-refractivity contribution in [1.29, 1.82) is 0 Å². The molecule has 0 spiro atoms. The summed E-state index contributed by atoms with van der Waals surface area (Å²) in [5.74, 6) is 2.05. The molecule has 1 atom stereocenters. The van der Waals surface area contributed by atoms with Crippen LogP contribution in [-0.4, -0.2) is 13.2 Å². The van der Waals surface area contributed by atoms with Crippen molar-refractivity contribution in [1.82, 2.24) is 5.32 Å². The van der Waals surface area contributed by atoms with Gasteiger partial charge in [0.25, 0.3) is 0 Å². The smallest absolute Gasteiger partial charge is 0.122 e. The third kappa shape index (κ3) is 2.47. The van der Waals surface area contributed by atoms with E-state index in [-0.39, 0.29) is 0 Å². The SMILES string of the molecule is CCNC(CC1CC1)c1ccc2c(c1)CCO2. The van der Waals surface area contributed by atoms with Crippen molar-refractivity contribution in [2.75, 3.05) is 13.2 Å². The Labute approximate surface area is 103 Å². The summed E-state index contributed by atoms with van der Waals surface area (Å²) < 4.78 is 5.57. The number of ether oxygens (including phenoxy) is 1. The van der Waals surface area contributed by atoms with Crippen LogP contribution in [0.5, 0.6) is 5.75 Å². The Morgan fingerprint density at radius 1 is 1.41 bits per heavy atom. The number of rotatable bonds is 5. The van der Waals surface area contributed by atoms with Gasteiger partial charge in [0, 0.05) is 12.5 Å². The fraction of sp³-hybridized carbons (Fsp3) is 0.600. The van der Waals surface area contributed by atoms with E-state index in [9.17, 15) is 0 Å². The number of fused-ring (bicyclic) bond motifs is 1. The molecule has 1 heterocycles. The van der Waals surface area contributed by atoms with Crippen molar-refractivity contribution in [3.8, 4) is 5.75 Å². The van der Waals surface area contributed by atoms with Crippen molar-refractivity contribution >= 4 is 0 Å². The zero-order valence-corrected chi connectivity index (χ0v) is 10.5. The summed E-state index contributed by atoms with van der Waals surface area (Å²) in [4.78, 5) is 0. The molecular weight excluding hydrogens is 210 g/mol. The van der Waals surface area contributed by atoms with Gasteiger partial charge in [0.2, 0.25) is 0 Å². The van der Waals surface area contributed by atoms with E-state index in [4.69, 9.17) is 4.74 Å². The molecule has 0 aromatic heterocycles. The maximum absolute atomic E-state index is 5.57. The summed E-state index contributed by atoms with van der Waals surface area (Å²) in [7, 11) is 0. The molecule has 3 rings (SSSR count). The molecule has 1 aliphatic carbocycles. The van der Waals surface area contributed by atoms with Crippen molar-refractivity contribution in [2.45, 2.75) is 38.6 Å². The Hall–Kier alpha value is -1.02. The number of hydrogen-bond donors (Lipinski definition) is 1. The molecule has 1 aliphatic heterocycles. The molecule has 2 nitrogen and oxygen atoms in total. The molecular formula is C15H21NO. The molecule has 1 saturated carbocycles. The average molecular weight is 231 g/mol. The van der Waals surface area contributed by atoms with Gasteiger partial charge in [-0.05, 0) is 36.1 Å². The largest absolute Gasteiger partial charge is 0.493 e. The van der Waals surface area contributed by atoms with Gasteiger partial charge >= 0.3 is 0 Å². The third-order valence-electron chi connectivity index (χ3n) is 3.83. The Morgan fingerprint density at radius 2 is 2.29 bits per heavy atom. The first-order chi connectivity index (χ1) is 8.36.